The molecule has 162 valence electrons. The molecule has 0 aliphatic heterocycles. The number of carbonyl (C=O) groups excluding carboxylic acids is 1. The van der Waals surface area contributed by atoms with Gasteiger partial charge in [-0.15, -0.1) is 24.8 Å². The van der Waals surface area contributed by atoms with Gasteiger partial charge < -0.3 is 11.1 Å². The quantitative estimate of drug-likeness (QED) is 0.664. The Labute approximate surface area is 181 Å². The minimum atomic E-state index is -0.585. The number of hydrogen-bond acceptors (Lipinski definition) is 5. The highest BCUT2D eigenvalue weighted by atomic mass is 35.5. The molecule has 2 aromatic rings. The molecule has 0 spiro atoms. The maximum Gasteiger partial charge on any atom is 0.329 e. The van der Waals surface area contributed by atoms with Crippen LogP contribution < -0.4 is 22.3 Å². The molecule has 1 amide bonds. The number of aromatic amines is 1. The van der Waals surface area contributed by atoms with Gasteiger partial charge in [-0.05, 0) is 44.6 Å². The number of aryl methyl sites for hydroxylation is 1. The summed E-state index contributed by atoms with van der Waals surface area (Å²) in [6.07, 6.45) is 3.39. The fraction of sp³-hybridized carbons (Fsp3) is 0.579. The minimum Gasteiger partial charge on any atom is -0.349 e. The number of rotatable bonds is 4. The van der Waals surface area contributed by atoms with Crippen LogP contribution in [0.4, 0.5) is 0 Å². The summed E-state index contributed by atoms with van der Waals surface area (Å²) < 4.78 is 1.39. The molecule has 3 rings (SSSR count). The zero-order chi connectivity index (χ0) is 19.7. The Hall–Kier alpha value is -1.90. The van der Waals surface area contributed by atoms with Crippen LogP contribution in [0.25, 0.3) is 11.0 Å². The van der Waals surface area contributed by atoms with E-state index in [9.17, 15) is 14.4 Å². The Morgan fingerprint density at radius 1 is 1.28 bits per heavy atom. The number of halogens is 2. The average molecular weight is 446 g/mol. The number of aromatic nitrogens is 3. The van der Waals surface area contributed by atoms with E-state index in [0.717, 1.165) is 25.7 Å². The molecule has 0 aromatic carbocycles. The van der Waals surface area contributed by atoms with E-state index in [0.29, 0.717) is 12.2 Å². The van der Waals surface area contributed by atoms with Gasteiger partial charge in [0.2, 0.25) is 0 Å². The van der Waals surface area contributed by atoms with Gasteiger partial charge in [-0.3, -0.25) is 19.1 Å². The number of nitrogens with one attached hydrogen (secondary N) is 2. The molecule has 2 aromatic heterocycles. The number of H-pyrrole nitrogens is 1. The lowest BCUT2D eigenvalue weighted by Crippen LogP contribution is -2.41. The first kappa shape index (κ1) is 25.1. The summed E-state index contributed by atoms with van der Waals surface area (Å²) >= 11 is 0. The number of amides is 1. The van der Waals surface area contributed by atoms with E-state index in [-0.39, 0.29) is 65.3 Å². The largest absolute Gasteiger partial charge is 0.349 e. The van der Waals surface area contributed by atoms with Crippen LogP contribution in [-0.4, -0.2) is 32.5 Å². The van der Waals surface area contributed by atoms with Crippen LogP contribution in [0.1, 0.15) is 68.4 Å². The summed E-state index contributed by atoms with van der Waals surface area (Å²) in [4.78, 5) is 44.5. The van der Waals surface area contributed by atoms with E-state index in [4.69, 9.17) is 5.73 Å². The number of nitrogens with zero attached hydrogens (tertiary/aromatic N) is 2. The molecule has 10 heteroatoms. The zero-order valence-corrected chi connectivity index (χ0v) is 18.5. The molecule has 1 aliphatic rings. The Morgan fingerprint density at radius 3 is 2.45 bits per heavy atom. The lowest BCUT2D eigenvalue weighted by molar-refractivity contribution is 0.0927. The molecule has 0 atom stereocenters. The predicted octanol–water partition coefficient (Wildman–Crippen LogP) is 2.07. The molecule has 0 saturated heterocycles. The van der Waals surface area contributed by atoms with Gasteiger partial charge in [0, 0.05) is 24.3 Å². The van der Waals surface area contributed by atoms with Crippen molar-refractivity contribution in [2.24, 2.45) is 5.73 Å². The van der Waals surface area contributed by atoms with E-state index < -0.39 is 11.2 Å². The van der Waals surface area contributed by atoms with Gasteiger partial charge >= 0.3 is 5.69 Å². The standard InChI is InChI=1S/C19H27N5O3.2ClH/c1-4-24-16-15(18(26)23-19(24)27)13(9-14(22-16)10(2)3)17(25)21-12-7-5-11(20)6-8-12;;/h9-12H,4-8,20H2,1-3H3,(H,21,25)(H,23,26,27);2*1H. The van der Waals surface area contributed by atoms with Gasteiger partial charge in [0.1, 0.15) is 0 Å². The first-order valence-electron chi connectivity index (χ1n) is 9.56. The fourth-order valence-corrected chi connectivity index (χ4v) is 3.59. The third-order valence-corrected chi connectivity index (χ3v) is 5.23. The first-order chi connectivity index (χ1) is 12.8. The van der Waals surface area contributed by atoms with Crippen LogP contribution in [0.5, 0.6) is 0 Å². The minimum absolute atomic E-state index is 0. The highest BCUT2D eigenvalue weighted by molar-refractivity contribution is 6.05. The average Bonchev–Trinajstić information content (AvgIpc) is 2.62. The third-order valence-electron chi connectivity index (χ3n) is 5.23. The molecular formula is C19H29Cl2N5O3. The molecule has 1 saturated carbocycles. The van der Waals surface area contributed by atoms with Gasteiger partial charge in [-0.25, -0.2) is 9.78 Å². The second kappa shape index (κ2) is 10.2. The SMILES string of the molecule is CCn1c(=O)[nH]c(=O)c2c(C(=O)NC3CCC(N)CC3)cc(C(C)C)nc21.Cl.Cl. The molecular weight excluding hydrogens is 417 g/mol. The van der Waals surface area contributed by atoms with Crippen LogP contribution in [0.3, 0.4) is 0 Å². The number of fused-ring (bicyclic) bond motifs is 1. The molecule has 29 heavy (non-hydrogen) atoms. The number of hydrogen-bond donors (Lipinski definition) is 3. The second-order valence-corrected chi connectivity index (χ2v) is 7.54. The number of nitrogens with two attached hydrogens (primary N) is 1. The van der Waals surface area contributed by atoms with E-state index in [1.165, 1.54) is 4.57 Å². The number of carbonyl (C=O) groups is 1. The summed E-state index contributed by atoms with van der Waals surface area (Å²) in [6.45, 7) is 6.07. The first-order valence-corrected chi connectivity index (χ1v) is 9.56. The summed E-state index contributed by atoms with van der Waals surface area (Å²) in [7, 11) is 0. The van der Waals surface area contributed by atoms with Crippen molar-refractivity contribution in [2.75, 3.05) is 0 Å². The molecule has 0 bridgehead atoms. The lowest BCUT2D eigenvalue weighted by atomic mass is 9.91. The van der Waals surface area contributed by atoms with Crippen LogP contribution in [0, 0.1) is 0 Å². The second-order valence-electron chi connectivity index (χ2n) is 7.54. The van der Waals surface area contributed by atoms with Gasteiger partial charge in [0.25, 0.3) is 11.5 Å². The van der Waals surface area contributed by atoms with Crippen LogP contribution in [0.15, 0.2) is 15.7 Å². The Balaban J connectivity index is 0.00000210. The number of pyridine rings is 1. The van der Waals surface area contributed by atoms with Crippen LogP contribution >= 0.6 is 24.8 Å². The van der Waals surface area contributed by atoms with E-state index in [1.807, 2.05) is 13.8 Å². The zero-order valence-electron chi connectivity index (χ0n) is 16.9. The van der Waals surface area contributed by atoms with Gasteiger partial charge in [-0.1, -0.05) is 13.8 Å². The van der Waals surface area contributed by atoms with Gasteiger partial charge in [-0.2, -0.15) is 0 Å². The Morgan fingerprint density at radius 2 is 1.90 bits per heavy atom. The summed E-state index contributed by atoms with van der Waals surface area (Å²) in [5.74, 6) is -0.259. The smallest absolute Gasteiger partial charge is 0.329 e. The lowest BCUT2D eigenvalue weighted by Gasteiger charge is -2.27. The third kappa shape index (κ3) is 5.18. The summed E-state index contributed by atoms with van der Waals surface area (Å²) in [6, 6.07) is 1.89. The van der Waals surface area contributed by atoms with Crippen molar-refractivity contribution in [1.29, 1.82) is 0 Å². The predicted molar refractivity (Wildman–Crippen MR) is 119 cm³/mol. The molecule has 1 aliphatic carbocycles. The van der Waals surface area contributed by atoms with E-state index >= 15 is 0 Å². The van der Waals surface area contributed by atoms with Crippen molar-refractivity contribution in [2.45, 2.75) is 71.0 Å². The molecule has 2 heterocycles. The topological polar surface area (TPSA) is 123 Å². The fourth-order valence-electron chi connectivity index (χ4n) is 3.59. The summed E-state index contributed by atoms with van der Waals surface area (Å²) in [5, 5.41) is 3.19. The van der Waals surface area contributed by atoms with Crippen molar-refractivity contribution >= 4 is 41.8 Å². The summed E-state index contributed by atoms with van der Waals surface area (Å²) in [5.41, 5.74) is 6.03. The monoisotopic (exact) mass is 445 g/mol. The molecule has 4 N–H and O–H groups in total. The van der Waals surface area contributed by atoms with E-state index in [2.05, 4.69) is 15.3 Å². The van der Waals surface area contributed by atoms with Crippen molar-refractivity contribution in [3.05, 3.63) is 38.2 Å². The van der Waals surface area contributed by atoms with Crippen LogP contribution in [-0.2, 0) is 6.54 Å². The van der Waals surface area contributed by atoms with Crippen molar-refractivity contribution in [3.8, 4) is 0 Å². The molecule has 0 radical (unpaired) electrons. The normalized spacial score (nSPS) is 18.8. The van der Waals surface area contributed by atoms with Gasteiger partial charge in [0.15, 0.2) is 5.65 Å². The Kier molecular flexibility index (Phi) is 8.86. The maximum absolute atomic E-state index is 13.0. The molecule has 1 fully saturated rings. The highest BCUT2D eigenvalue weighted by Crippen LogP contribution is 2.21. The highest BCUT2D eigenvalue weighted by Gasteiger charge is 2.24. The van der Waals surface area contributed by atoms with E-state index in [1.54, 1.807) is 13.0 Å². The van der Waals surface area contributed by atoms with Crippen molar-refractivity contribution in [3.63, 3.8) is 0 Å². The Bertz CT molecular complexity index is 978. The maximum atomic E-state index is 13.0. The van der Waals surface area contributed by atoms with Gasteiger partial charge in [0.05, 0.1) is 10.9 Å². The van der Waals surface area contributed by atoms with Crippen LogP contribution in [0.2, 0.25) is 0 Å². The molecule has 8 nitrogen and oxygen atoms in total. The van der Waals surface area contributed by atoms with Crippen molar-refractivity contribution in [1.82, 2.24) is 19.9 Å². The van der Waals surface area contributed by atoms with Crippen molar-refractivity contribution < 1.29 is 4.79 Å². The molecule has 0 unspecified atom stereocenters.